The fourth-order valence-corrected chi connectivity index (χ4v) is 5.85. The van der Waals surface area contributed by atoms with E-state index in [1.807, 2.05) is 24.0 Å². The normalized spacial score (nSPS) is 23.2. The quantitative estimate of drug-likeness (QED) is 0.294. The molecular weight excluding hydrogens is 573 g/mol. The number of carbonyl (C=O) groups is 1. The maximum Gasteiger partial charge on any atom is 0.336 e. The van der Waals surface area contributed by atoms with Crippen molar-refractivity contribution in [1.29, 1.82) is 0 Å². The van der Waals surface area contributed by atoms with Crippen LogP contribution < -0.4 is 9.47 Å². The molecule has 43 heavy (non-hydrogen) atoms. The second-order valence-corrected chi connectivity index (χ2v) is 13.5. The summed E-state index contributed by atoms with van der Waals surface area (Å²) in [7, 11) is 0. The number of nitrogens with zero attached hydrogens (tertiary/aromatic N) is 3. The van der Waals surface area contributed by atoms with E-state index in [-0.39, 0.29) is 24.3 Å². The number of halogens is 2. The Kier molecular flexibility index (Phi) is 9.89. The first-order valence-corrected chi connectivity index (χ1v) is 15.1. The van der Waals surface area contributed by atoms with E-state index in [0.29, 0.717) is 40.9 Å². The number of hydrogen-bond donors (Lipinski definition) is 1. The Morgan fingerprint density at radius 3 is 2.40 bits per heavy atom. The molecule has 0 radical (unpaired) electrons. The summed E-state index contributed by atoms with van der Waals surface area (Å²) in [4.78, 5) is 23.5. The molecule has 3 heterocycles. The first-order valence-electron chi connectivity index (χ1n) is 14.7. The molecule has 1 saturated heterocycles. The van der Waals surface area contributed by atoms with Gasteiger partial charge in [-0.25, -0.2) is 14.2 Å². The topological polar surface area (TPSA) is 93.5 Å². The summed E-state index contributed by atoms with van der Waals surface area (Å²) in [5.74, 6) is -0.374. The van der Waals surface area contributed by atoms with E-state index in [1.54, 1.807) is 51.4 Å². The average Bonchev–Trinajstić information content (AvgIpc) is 2.92. The van der Waals surface area contributed by atoms with Gasteiger partial charge in [-0.15, -0.1) is 0 Å². The van der Waals surface area contributed by atoms with E-state index in [1.165, 1.54) is 6.92 Å². The monoisotopic (exact) mass is 615 g/mol. The molecule has 4 rings (SSSR count). The van der Waals surface area contributed by atoms with Crippen molar-refractivity contribution in [3.05, 3.63) is 58.9 Å². The molecule has 1 N–H and O–H groups in total. The number of aromatic nitrogens is 1. The highest BCUT2D eigenvalue weighted by atomic mass is 35.5. The molecule has 1 aromatic carbocycles. The molecule has 3 unspecified atom stereocenters. The maximum absolute atomic E-state index is 17.7. The summed E-state index contributed by atoms with van der Waals surface area (Å²) in [6.45, 7) is 14.8. The lowest BCUT2D eigenvalue weighted by atomic mass is 9.75. The summed E-state index contributed by atoms with van der Waals surface area (Å²) in [6, 6.07) is 8.12. The van der Waals surface area contributed by atoms with Gasteiger partial charge in [0.2, 0.25) is 11.5 Å². The third-order valence-corrected chi connectivity index (χ3v) is 8.35. The lowest BCUT2D eigenvalue weighted by molar-refractivity contribution is -0.176. The van der Waals surface area contributed by atoms with Crippen molar-refractivity contribution >= 4 is 28.9 Å². The lowest BCUT2D eigenvalue weighted by Gasteiger charge is -2.49. The van der Waals surface area contributed by atoms with Gasteiger partial charge in [0.05, 0.1) is 22.4 Å². The summed E-state index contributed by atoms with van der Waals surface area (Å²) in [5.41, 5.74) is -1.02. The molecule has 2 aliphatic heterocycles. The van der Waals surface area contributed by atoms with E-state index >= 15 is 4.39 Å². The van der Waals surface area contributed by atoms with Crippen LogP contribution in [0.3, 0.4) is 0 Å². The number of likely N-dealkylation sites (tertiary alicyclic amines) is 1. The number of rotatable bonds is 10. The second kappa shape index (κ2) is 12.9. The van der Waals surface area contributed by atoms with Crippen LogP contribution in [0.1, 0.15) is 65.5 Å². The second-order valence-electron chi connectivity index (χ2n) is 13.1. The van der Waals surface area contributed by atoms with Crippen LogP contribution in [-0.4, -0.2) is 76.4 Å². The number of aryl methyl sites for hydroxylation is 1. The fourth-order valence-electron chi connectivity index (χ4n) is 5.57. The van der Waals surface area contributed by atoms with E-state index < -0.39 is 29.4 Å². The predicted molar refractivity (Wildman–Crippen MR) is 167 cm³/mol. The molecule has 0 spiro atoms. The Bertz CT molecular complexity index is 1340. The van der Waals surface area contributed by atoms with Crippen molar-refractivity contribution in [2.45, 2.75) is 84.7 Å². The van der Waals surface area contributed by atoms with Crippen molar-refractivity contribution < 1.29 is 28.5 Å². The van der Waals surface area contributed by atoms with Crippen LogP contribution in [0.4, 0.5) is 4.39 Å². The third-order valence-electron chi connectivity index (χ3n) is 8.05. The molecular formula is C33H43ClFN3O5. The highest BCUT2D eigenvalue weighted by Crippen LogP contribution is 2.44. The number of carboxylic acids is 1. The fraction of sp³-hybridized carbons (Fsp3) is 0.545. The van der Waals surface area contributed by atoms with Gasteiger partial charge in [0.25, 0.3) is 0 Å². The molecule has 10 heteroatoms. The molecule has 8 nitrogen and oxygen atoms in total. The number of alkyl halides is 1. The van der Waals surface area contributed by atoms with Gasteiger partial charge >= 0.3 is 5.97 Å². The Morgan fingerprint density at radius 2 is 1.81 bits per heavy atom. The zero-order valence-electron chi connectivity index (χ0n) is 26.1. The van der Waals surface area contributed by atoms with Gasteiger partial charge in [-0.05, 0) is 89.2 Å². The smallest absolute Gasteiger partial charge is 0.336 e. The number of aliphatic carboxylic acids is 1. The standard InChI is InChI=1S/C33H43ClFN3O5/c1-21-9-8-10-25(34)27(21)42-18-17-41-26-12-11-23(19-37-26)24-20-36-22(2)33(35,29(30(39)40)43-31(3,4)5)28(24)38-15-13-32(6,7)14-16-38/h8-12,19-20,28-29H,13-18H2,1-7H3,(H,39,40). The zero-order valence-corrected chi connectivity index (χ0v) is 26.9. The first kappa shape index (κ1) is 32.9. The molecule has 234 valence electrons. The van der Waals surface area contributed by atoms with E-state index in [0.717, 1.165) is 18.4 Å². The predicted octanol–water partition coefficient (Wildman–Crippen LogP) is 6.78. The summed E-state index contributed by atoms with van der Waals surface area (Å²) >= 11 is 6.23. The minimum atomic E-state index is -2.42. The number of piperidine rings is 1. The summed E-state index contributed by atoms with van der Waals surface area (Å²) in [5, 5.41) is 10.8. The highest BCUT2D eigenvalue weighted by molar-refractivity contribution is 6.32. The molecule has 3 atom stereocenters. The van der Waals surface area contributed by atoms with Crippen LogP contribution >= 0.6 is 11.6 Å². The minimum Gasteiger partial charge on any atom is -0.488 e. The van der Waals surface area contributed by atoms with Gasteiger partial charge in [0, 0.05) is 24.0 Å². The molecule has 2 aliphatic rings. The molecule has 0 bridgehead atoms. The Morgan fingerprint density at radius 1 is 1.14 bits per heavy atom. The number of pyridine rings is 1. The number of carboxylic acid groups (broad SMARTS) is 1. The van der Waals surface area contributed by atoms with Crippen LogP contribution in [0.25, 0.3) is 5.57 Å². The summed E-state index contributed by atoms with van der Waals surface area (Å²) < 4.78 is 35.2. The minimum absolute atomic E-state index is 0.0735. The molecule has 1 aromatic heterocycles. The van der Waals surface area contributed by atoms with Crippen molar-refractivity contribution in [3.8, 4) is 11.6 Å². The number of para-hydroxylation sites is 1. The molecule has 1 fully saturated rings. The largest absolute Gasteiger partial charge is 0.488 e. The third kappa shape index (κ3) is 7.56. The molecule has 0 aliphatic carbocycles. The Hall–Kier alpha value is -3.01. The number of hydrogen-bond acceptors (Lipinski definition) is 7. The maximum atomic E-state index is 17.7. The van der Waals surface area contributed by atoms with Crippen molar-refractivity contribution in [2.24, 2.45) is 10.4 Å². The van der Waals surface area contributed by atoms with Gasteiger partial charge in [0.15, 0.2) is 6.10 Å². The SMILES string of the molecule is CC1=NC=C(c2ccc(OCCOc3c(C)cccc3Cl)nc2)C(N2CCC(C)(C)CC2)C1(F)C(OC(C)(C)C)C(=O)O. The van der Waals surface area contributed by atoms with Crippen LogP contribution in [0.2, 0.25) is 5.02 Å². The van der Waals surface area contributed by atoms with Crippen molar-refractivity contribution in [2.75, 3.05) is 26.3 Å². The van der Waals surface area contributed by atoms with E-state index in [9.17, 15) is 9.90 Å². The average molecular weight is 616 g/mol. The van der Waals surface area contributed by atoms with Gasteiger partial charge < -0.3 is 19.3 Å². The van der Waals surface area contributed by atoms with E-state index in [4.69, 9.17) is 25.8 Å². The van der Waals surface area contributed by atoms with Crippen LogP contribution in [0.15, 0.2) is 47.7 Å². The van der Waals surface area contributed by atoms with Crippen LogP contribution in [0, 0.1) is 12.3 Å². The molecule has 0 amide bonds. The van der Waals surface area contributed by atoms with Crippen LogP contribution in [0.5, 0.6) is 11.6 Å². The van der Waals surface area contributed by atoms with Gasteiger partial charge in [0.1, 0.15) is 19.0 Å². The van der Waals surface area contributed by atoms with Gasteiger partial charge in [-0.1, -0.05) is 37.6 Å². The van der Waals surface area contributed by atoms with Gasteiger partial charge in [-0.3, -0.25) is 9.89 Å². The molecule has 0 saturated carbocycles. The number of ether oxygens (including phenoxy) is 3. The number of aliphatic imine (C=N–C) groups is 1. The Balaban J connectivity index is 1.59. The van der Waals surface area contributed by atoms with Gasteiger partial charge in [-0.2, -0.15) is 0 Å². The first-order chi connectivity index (χ1) is 20.1. The lowest BCUT2D eigenvalue weighted by Crippen LogP contribution is -2.66. The van der Waals surface area contributed by atoms with Crippen molar-refractivity contribution in [1.82, 2.24) is 9.88 Å². The number of benzene rings is 1. The van der Waals surface area contributed by atoms with E-state index in [2.05, 4.69) is 23.8 Å². The Labute approximate surface area is 258 Å². The summed E-state index contributed by atoms with van der Waals surface area (Å²) in [6.07, 6.45) is 3.17. The van der Waals surface area contributed by atoms with Crippen molar-refractivity contribution in [3.63, 3.8) is 0 Å². The zero-order chi connectivity index (χ0) is 31.6. The molecule has 2 aromatic rings. The highest BCUT2D eigenvalue weighted by Gasteiger charge is 2.59. The van der Waals surface area contributed by atoms with Crippen LogP contribution in [-0.2, 0) is 9.53 Å².